The molecule has 2 spiro atoms. The van der Waals surface area contributed by atoms with Crippen LogP contribution in [0.4, 0.5) is 0 Å². The van der Waals surface area contributed by atoms with Gasteiger partial charge in [0.25, 0.3) is 0 Å². The van der Waals surface area contributed by atoms with Gasteiger partial charge in [-0.2, -0.15) is 10.5 Å². The highest BCUT2D eigenvalue weighted by molar-refractivity contribution is 9.10. The Morgan fingerprint density at radius 3 is 1.24 bits per heavy atom. The van der Waals surface area contributed by atoms with Gasteiger partial charge in [-0.25, -0.2) is 0 Å². The first-order valence-corrected chi connectivity index (χ1v) is 27.0. The molecule has 0 radical (unpaired) electrons. The molecule has 0 saturated heterocycles. The minimum absolute atomic E-state index is 0.337. The van der Waals surface area contributed by atoms with Crippen molar-refractivity contribution in [2.24, 2.45) is 0 Å². The molecule has 4 nitrogen and oxygen atoms in total. The number of halogens is 3. The third-order valence-electron chi connectivity index (χ3n) is 14.5. The van der Waals surface area contributed by atoms with E-state index in [-0.39, 0.29) is 5.41 Å². The summed E-state index contributed by atoms with van der Waals surface area (Å²) in [6.07, 6.45) is 0. The van der Waals surface area contributed by atoms with E-state index >= 15 is 0 Å². The van der Waals surface area contributed by atoms with Gasteiger partial charge < -0.3 is 10.0 Å². The molecule has 2 heterocycles. The Hall–Kier alpha value is -7.08. The predicted molar refractivity (Wildman–Crippen MR) is 305 cm³/mol. The van der Waals surface area contributed by atoms with Crippen molar-refractivity contribution in [3.63, 3.8) is 0 Å². The van der Waals surface area contributed by atoms with Crippen LogP contribution < -0.4 is 5.46 Å². The summed E-state index contributed by atoms with van der Waals surface area (Å²) in [6, 6.07) is 79.1. The highest BCUT2D eigenvalue weighted by Crippen LogP contribution is 2.65. The monoisotopic (exact) mass is 1090 g/mol. The molecule has 10 aromatic carbocycles. The molecule has 4 aliphatic rings. The molecule has 352 valence electrons. The average Bonchev–Trinajstić information content (AvgIpc) is 3.92. The molecule has 0 aromatic heterocycles. The lowest BCUT2D eigenvalue weighted by molar-refractivity contribution is 0.426. The molecule has 74 heavy (non-hydrogen) atoms. The Morgan fingerprint density at radius 2 is 0.757 bits per heavy atom. The Kier molecular flexibility index (Phi) is 12.5. The molecule has 10 heteroatoms. The Morgan fingerprint density at radius 1 is 0.392 bits per heavy atom. The predicted octanol–water partition coefficient (Wildman–Crippen LogP) is 15.9. The minimum Gasteiger partial charge on any atom is -0.423 e. The van der Waals surface area contributed by atoms with Crippen molar-refractivity contribution in [3.05, 3.63) is 289 Å². The summed E-state index contributed by atoms with van der Waals surface area (Å²) in [4.78, 5) is 4.68. The van der Waals surface area contributed by atoms with Gasteiger partial charge in [0.15, 0.2) is 0 Å². The molecule has 0 unspecified atom stereocenters. The number of rotatable bonds is 2. The van der Waals surface area contributed by atoms with Gasteiger partial charge in [-0.15, -0.1) is 0 Å². The molecule has 0 amide bonds. The molecule has 10 aromatic rings. The maximum absolute atomic E-state index is 9.53. The normalized spacial score (nSPS) is 13.6. The summed E-state index contributed by atoms with van der Waals surface area (Å²) >= 11 is 21.0. The smallest absolute Gasteiger partial charge is 0.423 e. The third-order valence-corrected chi connectivity index (χ3v) is 18.8. The molecule has 2 N–H and O–H groups in total. The molecule has 2 aliphatic heterocycles. The van der Waals surface area contributed by atoms with Gasteiger partial charge in [0.05, 0.1) is 44.1 Å². The zero-order valence-electron chi connectivity index (χ0n) is 39.1. The molecular formula is C64H38BBrCl2N2O2S2. The van der Waals surface area contributed by atoms with Gasteiger partial charge in [-0.3, -0.25) is 0 Å². The van der Waals surface area contributed by atoms with Gasteiger partial charge in [0, 0.05) is 24.1 Å². The van der Waals surface area contributed by atoms with Crippen LogP contribution in [-0.2, 0) is 10.8 Å². The van der Waals surface area contributed by atoms with Crippen LogP contribution in [0.15, 0.2) is 242 Å². The standard InChI is InChI=1S/C32H18ClNS.C25H14BrClS.C7H6BNO2/c33-29-17-7-16-28-31(29)35-30-22(21-9-5-8-20(18-21)19-34)12-6-15-27(30)32(28)25-13-3-1-10-23(25)24-11-2-4-14-26(24)32;26-21-13-5-11-19-23(21)28-24-20(12-6-14-22(24)27)25(19)17-9-3-1-7-15(17)16-8-2-4-10-18(16)25;9-5-6-2-1-3-7(4-6)8(10)11/h1-18H;1-14H;1-4,10-11H. The fraction of sp³-hybridized carbons (Fsp3) is 0.0312. The molecule has 0 atom stereocenters. The van der Waals surface area contributed by atoms with Crippen molar-refractivity contribution >= 4 is 75.2 Å². The van der Waals surface area contributed by atoms with Crippen LogP contribution in [0.3, 0.4) is 0 Å². The van der Waals surface area contributed by atoms with Gasteiger partial charge in [0.2, 0.25) is 0 Å². The van der Waals surface area contributed by atoms with E-state index in [1.165, 1.54) is 82.6 Å². The van der Waals surface area contributed by atoms with E-state index in [4.69, 9.17) is 38.5 Å². The lowest BCUT2D eigenvalue weighted by atomic mass is 9.67. The number of fused-ring (bicyclic) bond motifs is 18. The van der Waals surface area contributed by atoms with Crippen molar-refractivity contribution < 1.29 is 10.0 Å². The van der Waals surface area contributed by atoms with E-state index in [1.807, 2.05) is 36.4 Å². The molecule has 0 fully saturated rings. The highest BCUT2D eigenvalue weighted by atomic mass is 79.9. The number of nitriles is 2. The number of benzene rings is 10. The topological polar surface area (TPSA) is 88.0 Å². The fourth-order valence-electron chi connectivity index (χ4n) is 11.5. The first-order valence-electron chi connectivity index (χ1n) is 23.8. The molecule has 2 aliphatic carbocycles. The largest absolute Gasteiger partial charge is 0.488 e. The van der Waals surface area contributed by atoms with Crippen LogP contribution in [0.1, 0.15) is 55.6 Å². The summed E-state index contributed by atoms with van der Waals surface area (Å²) in [5, 5.41) is 36.9. The quantitative estimate of drug-likeness (QED) is 0.168. The molecule has 0 saturated carbocycles. The second kappa shape index (κ2) is 19.3. The second-order valence-corrected chi connectivity index (χ2v) is 21.9. The van der Waals surface area contributed by atoms with Crippen molar-refractivity contribution in [1.82, 2.24) is 0 Å². The first-order chi connectivity index (χ1) is 36.2. The van der Waals surface area contributed by atoms with Crippen molar-refractivity contribution in [1.29, 1.82) is 10.5 Å². The molecule has 14 rings (SSSR count). The number of hydrogen-bond donors (Lipinski definition) is 2. The van der Waals surface area contributed by atoms with E-state index in [1.54, 1.807) is 41.7 Å². The van der Waals surface area contributed by atoms with Crippen molar-refractivity contribution in [2.45, 2.75) is 30.4 Å². The van der Waals surface area contributed by atoms with Crippen molar-refractivity contribution in [2.75, 3.05) is 0 Å². The number of nitrogens with zero attached hydrogens (tertiary/aromatic N) is 2. The van der Waals surface area contributed by atoms with E-state index in [0.29, 0.717) is 16.6 Å². The summed E-state index contributed by atoms with van der Waals surface area (Å²) < 4.78 is 1.11. The van der Waals surface area contributed by atoms with Crippen LogP contribution in [0.25, 0.3) is 33.4 Å². The average molecular weight is 1090 g/mol. The first kappa shape index (κ1) is 47.9. The van der Waals surface area contributed by atoms with Crippen LogP contribution in [0, 0.1) is 22.7 Å². The fourth-order valence-corrected chi connectivity index (χ4v) is 15.3. The maximum atomic E-state index is 9.53. The van der Waals surface area contributed by atoms with Gasteiger partial charge in [-0.1, -0.05) is 223 Å². The zero-order chi connectivity index (χ0) is 50.7. The lowest BCUT2D eigenvalue weighted by Gasteiger charge is -2.40. The van der Waals surface area contributed by atoms with Crippen LogP contribution in [0.2, 0.25) is 10.0 Å². The van der Waals surface area contributed by atoms with E-state index in [2.05, 4.69) is 186 Å². The van der Waals surface area contributed by atoms with E-state index in [9.17, 15) is 5.26 Å². The summed E-state index contributed by atoms with van der Waals surface area (Å²) in [5.74, 6) is 0. The second-order valence-electron chi connectivity index (χ2n) is 18.2. The summed E-state index contributed by atoms with van der Waals surface area (Å²) in [6.45, 7) is 0. The molecular weight excluding hydrogens is 1050 g/mol. The molecule has 0 bridgehead atoms. The Balaban J connectivity index is 0.000000127. The highest BCUT2D eigenvalue weighted by Gasteiger charge is 2.52. The van der Waals surface area contributed by atoms with Crippen molar-refractivity contribution in [3.8, 4) is 45.5 Å². The van der Waals surface area contributed by atoms with Crippen LogP contribution in [-0.4, -0.2) is 17.2 Å². The van der Waals surface area contributed by atoms with Crippen LogP contribution >= 0.6 is 62.7 Å². The number of hydrogen-bond acceptors (Lipinski definition) is 6. The van der Waals surface area contributed by atoms with Crippen LogP contribution in [0.5, 0.6) is 0 Å². The SMILES string of the molecule is Clc1cccc2c1Sc1c(Br)cccc1C21c2ccccc2-c2ccccc21.N#Cc1cccc(-c2cccc3c2Sc2c(Cl)cccc2C32c3ccccc3-c3ccccc32)c1.N#Cc1cccc(B(O)O)c1. The third kappa shape index (κ3) is 7.43. The Labute approximate surface area is 456 Å². The summed E-state index contributed by atoms with van der Waals surface area (Å²) in [7, 11) is -1.50. The minimum atomic E-state index is -1.50. The summed E-state index contributed by atoms with van der Waals surface area (Å²) in [5.41, 5.74) is 18.2. The maximum Gasteiger partial charge on any atom is 0.488 e. The van der Waals surface area contributed by atoms with Gasteiger partial charge in [0.1, 0.15) is 0 Å². The van der Waals surface area contributed by atoms with E-state index < -0.39 is 12.5 Å². The Bertz CT molecular complexity index is 3870. The van der Waals surface area contributed by atoms with Gasteiger partial charge in [-0.05, 0) is 142 Å². The zero-order valence-corrected chi connectivity index (χ0v) is 43.8. The van der Waals surface area contributed by atoms with E-state index in [0.717, 1.165) is 35.4 Å². The van der Waals surface area contributed by atoms with Gasteiger partial charge >= 0.3 is 7.12 Å². The lowest BCUT2D eigenvalue weighted by Crippen LogP contribution is -2.32.